The molecule has 0 saturated heterocycles. The highest BCUT2D eigenvalue weighted by Crippen LogP contribution is 2.40. The number of hydrogen-bond acceptors (Lipinski definition) is 3. The lowest BCUT2D eigenvalue weighted by Gasteiger charge is -2.33. The van der Waals surface area contributed by atoms with Gasteiger partial charge in [-0.15, -0.1) is 0 Å². The molecule has 4 nitrogen and oxygen atoms in total. The summed E-state index contributed by atoms with van der Waals surface area (Å²) in [7, 11) is 0. The van der Waals surface area contributed by atoms with E-state index in [1.807, 2.05) is 4.68 Å². The molecule has 17 heavy (non-hydrogen) atoms. The van der Waals surface area contributed by atoms with E-state index in [-0.39, 0.29) is 5.41 Å². The van der Waals surface area contributed by atoms with E-state index in [0.29, 0.717) is 0 Å². The minimum absolute atomic E-state index is 0.202. The molecule has 0 aliphatic heterocycles. The number of nitriles is 1. The van der Waals surface area contributed by atoms with Crippen LogP contribution < -0.4 is 0 Å². The first-order valence-electron chi connectivity index (χ1n) is 6.47. The molecule has 1 aromatic heterocycles. The Bertz CT molecular complexity index is 407. The Morgan fingerprint density at radius 3 is 2.82 bits per heavy atom. The molecule has 0 aromatic carbocycles. The van der Waals surface area contributed by atoms with Gasteiger partial charge in [0.15, 0.2) is 0 Å². The zero-order valence-corrected chi connectivity index (χ0v) is 10.7. The van der Waals surface area contributed by atoms with Crippen molar-refractivity contribution in [2.75, 3.05) is 0 Å². The lowest BCUT2D eigenvalue weighted by molar-refractivity contribution is 0.213. The average Bonchev–Trinajstić information content (AvgIpc) is 2.79. The highest BCUT2D eigenvalue weighted by atomic mass is 15.3. The molecule has 1 aliphatic carbocycles. The minimum atomic E-state index is -0.202. The molecule has 0 atom stereocenters. The van der Waals surface area contributed by atoms with Crippen LogP contribution in [0.5, 0.6) is 0 Å². The fourth-order valence-corrected chi connectivity index (χ4v) is 2.63. The first kappa shape index (κ1) is 12.1. The van der Waals surface area contributed by atoms with Crippen LogP contribution in [0.2, 0.25) is 0 Å². The van der Waals surface area contributed by atoms with Crippen LogP contribution in [-0.2, 0) is 13.0 Å². The molecule has 1 heterocycles. The van der Waals surface area contributed by atoms with Crippen molar-refractivity contribution >= 4 is 0 Å². The zero-order valence-electron chi connectivity index (χ0n) is 10.7. The van der Waals surface area contributed by atoms with Crippen molar-refractivity contribution in [3.63, 3.8) is 0 Å². The van der Waals surface area contributed by atoms with Gasteiger partial charge in [0.05, 0.1) is 11.5 Å². The van der Waals surface area contributed by atoms with E-state index in [0.717, 1.165) is 50.4 Å². The van der Waals surface area contributed by atoms with Gasteiger partial charge in [-0.3, -0.25) is 4.68 Å². The Morgan fingerprint density at radius 1 is 1.53 bits per heavy atom. The summed E-state index contributed by atoms with van der Waals surface area (Å²) in [6, 6.07) is 2.55. The van der Waals surface area contributed by atoms with Gasteiger partial charge < -0.3 is 0 Å². The second-order valence-corrected chi connectivity index (χ2v) is 5.24. The van der Waals surface area contributed by atoms with Gasteiger partial charge in [0, 0.05) is 13.0 Å². The second kappa shape index (κ2) is 4.87. The third kappa shape index (κ3) is 2.49. The monoisotopic (exact) mass is 232 g/mol. The molecular formula is C13H20N4. The van der Waals surface area contributed by atoms with Gasteiger partial charge in [-0.1, -0.05) is 6.92 Å². The molecule has 1 aliphatic rings. The van der Waals surface area contributed by atoms with E-state index in [1.54, 1.807) is 6.33 Å². The van der Waals surface area contributed by atoms with Crippen LogP contribution in [0.1, 0.15) is 45.4 Å². The van der Waals surface area contributed by atoms with Gasteiger partial charge in [-0.05, 0) is 38.5 Å². The van der Waals surface area contributed by atoms with E-state index < -0.39 is 0 Å². The number of aryl methyl sites for hydroxylation is 1. The third-order valence-corrected chi connectivity index (χ3v) is 3.96. The molecule has 1 saturated carbocycles. The van der Waals surface area contributed by atoms with Gasteiger partial charge in [0.25, 0.3) is 0 Å². The van der Waals surface area contributed by atoms with Gasteiger partial charge >= 0.3 is 0 Å². The molecule has 0 radical (unpaired) electrons. The summed E-state index contributed by atoms with van der Waals surface area (Å²) in [5.41, 5.74) is -0.202. The van der Waals surface area contributed by atoms with E-state index in [9.17, 15) is 5.26 Å². The zero-order chi connectivity index (χ0) is 12.3. The molecule has 0 N–H and O–H groups in total. The summed E-state index contributed by atoms with van der Waals surface area (Å²) < 4.78 is 1.90. The molecule has 4 heteroatoms. The van der Waals surface area contributed by atoms with Crippen LogP contribution in [0.15, 0.2) is 6.33 Å². The Kier molecular flexibility index (Phi) is 3.46. The maximum Gasteiger partial charge on any atom is 0.138 e. The van der Waals surface area contributed by atoms with Crippen molar-refractivity contribution in [2.45, 2.75) is 52.5 Å². The van der Waals surface area contributed by atoms with E-state index in [4.69, 9.17) is 0 Å². The smallest absolute Gasteiger partial charge is 0.138 e. The number of hydrogen-bond donors (Lipinski definition) is 0. The Balaban J connectivity index is 2.13. The van der Waals surface area contributed by atoms with Crippen LogP contribution in [0.25, 0.3) is 0 Å². The van der Waals surface area contributed by atoms with Gasteiger partial charge in [-0.2, -0.15) is 10.4 Å². The normalized spacial score (nSPS) is 28.9. The number of nitrogens with zero attached hydrogens (tertiary/aromatic N) is 4. The Hall–Kier alpha value is -1.37. The summed E-state index contributed by atoms with van der Waals surface area (Å²) in [6.07, 6.45) is 6.67. The summed E-state index contributed by atoms with van der Waals surface area (Å²) in [6.45, 7) is 5.16. The molecule has 0 bridgehead atoms. The lowest BCUT2D eigenvalue weighted by atomic mass is 9.70. The fraction of sp³-hybridized carbons (Fsp3) is 0.769. The average molecular weight is 232 g/mol. The predicted molar refractivity (Wildman–Crippen MR) is 65.1 cm³/mol. The van der Waals surface area contributed by atoms with Gasteiger partial charge in [0.1, 0.15) is 12.2 Å². The lowest BCUT2D eigenvalue weighted by Crippen LogP contribution is -2.29. The highest BCUT2D eigenvalue weighted by Gasteiger charge is 2.35. The first-order valence-corrected chi connectivity index (χ1v) is 6.47. The van der Waals surface area contributed by atoms with Crippen molar-refractivity contribution in [1.82, 2.24) is 14.8 Å². The fourth-order valence-electron chi connectivity index (χ4n) is 2.63. The molecule has 0 amide bonds. The summed E-state index contributed by atoms with van der Waals surface area (Å²) in [5, 5.41) is 13.7. The van der Waals surface area contributed by atoms with Crippen LogP contribution in [0.3, 0.4) is 0 Å². The van der Waals surface area contributed by atoms with E-state index in [2.05, 4.69) is 30.0 Å². The molecule has 0 unspecified atom stereocenters. The molecule has 1 fully saturated rings. The molecular weight excluding hydrogens is 212 g/mol. The van der Waals surface area contributed by atoms with Crippen molar-refractivity contribution < 1.29 is 0 Å². The number of rotatable bonds is 3. The quantitative estimate of drug-likeness (QED) is 0.804. The van der Waals surface area contributed by atoms with Crippen LogP contribution >= 0.6 is 0 Å². The summed E-state index contributed by atoms with van der Waals surface area (Å²) in [5.74, 6) is 1.73. The van der Waals surface area contributed by atoms with Crippen molar-refractivity contribution in [3.8, 4) is 6.07 Å². The minimum Gasteiger partial charge on any atom is -0.250 e. The van der Waals surface area contributed by atoms with Crippen molar-refractivity contribution in [3.05, 3.63) is 12.2 Å². The second-order valence-electron chi connectivity index (χ2n) is 5.24. The highest BCUT2D eigenvalue weighted by molar-refractivity contribution is 5.07. The van der Waals surface area contributed by atoms with Crippen LogP contribution in [0, 0.1) is 22.7 Å². The molecule has 0 spiro atoms. The Labute approximate surface area is 103 Å². The summed E-state index contributed by atoms with van der Waals surface area (Å²) >= 11 is 0. The van der Waals surface area contributed by atoms with Crippen molar-refractivity contribution in [2.24, 2.45) is 11.3 Å². The molecule has 92 valence electrons. The standard InChI is InChI=1S/C13H20N4/c1-3-17-12(15-10-16-17)8-13(9-14)6-4-11(2)5-7-13/h10-11H,3-8H2,1-2H3. The van der Waals surface area contributed by atoms with Gasteiger partial charge in [-0.25, -0.2) is 4.98 Å². The maximum absolute atomic E-state index is 9.48. The first-order chi connectivity index (χ1) is 8.19. The topological polar surface area (TPSA) is 54.5 Å². The largest absolute Gasteiger partial charge is 0.250 e. The van der Waals surface area contributed by atoms with E-state index in [1.165, 1.54) is 0 Å². The predicted octanol–water partition coefficient (Wildman–Crippen LogP) is 2.56. The maximum atomic E-state index is 9.48. The number of aromatic nitrogens is 3. The molecule has 2 rings (SSSR count). The third-order valence-electron chi connectivity index (χ3n) is 3.96. The SMILES string of the molecule is CCn1ncnc1CC1(C#N)CCC(C)CC1. The van der Waals surface area contributed by atoms with Gasteiger partial charge in [0.2, 0.25) is 0 Å². The summed E-state index contributed by atoms with van der Waals surface area (Å²) in [4.78, 5) is 4.29. The van der Waals surface area contributed by atoms with Crippen molar-refractivity contribution in [1.29, 1.82) is 5.26 Å². The van der Waals surface area contributed by atoms with Crippen LogP contribution in [-0.4, -0.2) is 14.8 Å². The van der Waals surface area contributed by atoms with E-state index >= 15 is 0 Å². The molecule has 1 aromatic rings. The Morgan fingerprint density at radius 2 is 2.24 bits per heavy atom. The van der Waals surface area contributed by atoms with Crippen LogP contribution in [0.4, 0.5) is 0 Å².